The predicted molar refractivity (Wildman–Crippen MR) is 95.0 cm³/mol. The number of rotatable bonds is 7. The van der Waals surface area contributed by atoms with Crippen molar-refractivity contribution in [3.05, 3.63) is 71.8 Å². The van der Waals surface area contributed by atoms with Gasteiger partial charge in [0, 0.05) is 6.08 Å². The molecular formula is C20H20O4. The molecule has 0 aliphatic carbocycles. The number of hydrogen-bond donors (Lipinski definition) is 0. The number of methoxy groups -OCH3 is 2. The molecule has 0 atom stereocenters. The van der Waals surface area contributed by atoms with Crippen LogP contribution in [0.25, 0.3) is 12.2 Å². The standard InChI is InChI=1S/C20H20O4/c1-22-18-10-5-16(6-11-18)4-3-15-24-20(21)14-9-17-7-12-19(23-2)13-8-17/h3-14H,15H2,1-2H3/b4-3+,14-9+. The summed E-state index contributed by atoms with van der Waals surface area (Å²) >= 11 is 0. The van der Waals surface area contributed by atoms with Gasteiger partial charge in [0.1, 0.15) is 18.1 Å². The second-order valence-electron chi connectivity index (χ2n) is 4.91. The molecule has 4 nitrogen and oxygen atoms in total. The molecule has 0 heterocycles. The highest BCUT2D eigenvalue weighted by molar-refractivity contribution is 5.87. The normalized spacial score (nSPS) is 10.9. The van der Waals surface area contributed by atoms with Crippen LogP contribution in [0.5, 0.6) is 11.5 Å². The van der Waals surface area contributed by atoms with Crippen LogP contribution in [0.4, 0.5) is 0 Å². The van der Waals surface area contributed by atoms with E-state index in [2.05, 4.69) is 0 Å². The lowest BCUT2D eigenvalue weighted by molar-refractivity contribution is -0.136. The summed E-state index contributed by atoms with van der Waals surface area (Å²) in [4.78, 5) is 11.7. The highest BCUT2D eigenvalue weighted by Gasteiger charge is 1.96. The van der Waals surface area contributed by atoms with Gasteiger partial charge in [0.05, 0.1) is 14.2 Å². The molecule has 0 aliphatic rings. The Kier molecular flexibility index (Phi) is 6.65. The Hall–Kier alpha value is -3.01. The Labute approximate surface area is 142 Å². The van der Waals surface area contributed by atoms with Gasteiger partial charge in [-0.2, -0.15) is 0 Å². The van der Waals surface area contributed by atoms with Crippen molar-refractivity contribution < 1.29 is 19.0 Å². The summed E-state index contributed by atoms with van der Waals surface area (Å²) < 4.78 is 15.3. The molecular weight excluding hydrogens is 304 g/mol. The lowest BCUT2D eigenvalue weighted by atomic mass is 10.2. The van der Waals surface area contributed by atoms with Gasteiger partial charge in [-0.1, -0.05) is 30.3 Å². The maximum atomic E-state index is 11.7. The van der Waals surface area contributed by atoms with Crippen molar-refractivity contribution in [2.75, 3.05) is 20.8 Å². The van der Waals surface area contributed by atoms with Crippen molar-refractivity contribution >= 4 is 18.1 Å². The first kappa shape index (κ1) is 17.3. The predicted octanol–water partition coefficient (Wildman–Crippen LogP) is 3.97. The van der Waals surface area contributed by atoms with E-state index in [4.69, 9.17) is 14.2 Å². The second kappa shape index (κ2) is 9.20. The minimum Gasteiger partial charge on any atom is -0.497 e. The van der Waals surface area contributed by atoms with Crippen LogP contribution in [0.2, 0.25) is 0 Å². The maximum absolute atomic E-state index is 11.7. The average molecular weight is 324 g/mol. The van der Waals surface area contributed by atoms with Gasteiger partial charge in [0.15, 0.2) is 0 Å². The summed E-state index contributed by atoms with van der Waals surface area (Å²) in [5, 5.41) is 0. The largest absolute Gasteiger partial charge is 0.497 e. The summed E-state index contributed by atoms with van der Waals surface area (Å²) in [6, 6.07) is 15.0. The molecule has 0 saturated carbocycles. The fourth-order valence-electron chi connectivity index (χ4n) is 1.96. The van der Waals surface area contributed by atoms with Gasteiger partial charge in [-0.05, 0) is 47.5 Å². The molecule has 24 heavy (non-hydrogen) atoms. The Morgan fingerprint density at radius 2 is 1.33 bits per heavy atom. The SMILES string of the molecule is COc1ccc(/C=C/COC(=O)/C=C/c2ccc(OC)cc2)cc1. The zero-order chi connectivity index (χ0) is 17.2. The smallest absolute Gasteiger partial charge is 0.331 e. The Morgan fingerprint density at radius 1 is 0.833 bits per heavy atom. The fraction of sp³-hybridized carbons (Fsp3) is 0.150. The molecule has 0 aliphatic heterocycles. The van der Waals surface area contributed by atoms with E-state index in [1.807, 2.05) is 54.6 Å². The van der Waals surface area contributed by atoms with Crippen molar-refractivity contribution in [3.8, 4) is 11.5 Å². The first-order chi connectivity index (χ1) is 11.7. The summed E-state index contributed by atoms with van der Waals surface area (Å²) in [6.45, 7) is 0.220. The molecule has 0 spiro atoms. The van der Waals surface area contributed by atoms with Crippen molar-refractivity contribution in [3.63, 3.8) is 0 Å². The number of hydrogen-bond acceptors (Lipinski definition) is 4. The van der Waals surface area contributed by atoms with E-state index in [9.17, 15) is 4.79 Å². The van der Waals surface area contributed by atoms with Gasteiger partial charge >= 0.3 is 5.97 Å². The molecule has 4 heteroatoms. The number of ether oxygens (including phenoxy) is 3. The lowest BCUT2D eigenvalue weighted by Crippen LogP contribution is -1.99. The monoisotopic (exact) mass is 324 g/mol. The number of esters is 1. The summed E-state index contributed by atoms with van der Waals surface area (Å²) in [6.07, 6.45) is 6.79. The molecule has 0 unspecified atom stereocenters. The topological polar surface area (TPSA) is 44.8 Å². The maximum Gasteiger partial charge on any atom is 0.331 e. The number of benzene rings is 2. The van der Waals surface area contributed by atoms with Crippen LogP contribution >= 0.6 is 0 Å². The zero-order valence-corrected chi connectivity index (χ0v) is 13.8. The van der Waals surface area contributed by atoms with Crippen molar-refractivity contribution in [1.29, 1.82) is 0 Å². The van der Waals surface area contributed by atoms with E-state index in [1.54, 1.807) is 26.4 Å². The average Bonchev–Trinajstić information content (AvgIpc) is 2.64. The Balaban J connectivity index is 1.77. The van der Waals surface area contributed by atoms with Crippen LogP contribution in [0, 0.1) is 0 Å². The highest BCUT2D eigenvalue weighted by Crippen LogP contribution is 2.13. The summed E-state index contributed by atoms with van der Waals surface area (Å²) in [7, 11) is 3.24. The van der Waals surface area contributed by atoms with E-state index in [0.29, 0.717) is 0 Å². The Morgan fingerprint density at radius 3 is 1.83 bits per heavy atom. The first-order valence-electron chi connectivity index (χ1n) is 7.51. The van der Waals surface area contributed by atoms with Crippen LogP contribution in [0.3, 0.4) is 0 Å². The second-order valence-corrected chi connectivity index (χ2v) is 4.91. The van der Waals surface area contributed by atoms with Gasteiger partial charge in [-0.15, -0.1) is 0 Å². The number of carbonyl (C=O) groups is 1. The van der Waals surface area contributed by atoms with E-state index >= 15 is 0 Å². The van der Waals surface area contributed by atoms with Crippen LogP contribution in [0.15, 0.2) is 60.7 Å². The van der Waals surface area contributed by atoms with Crippen LogP contribution < -0.4 is 9.47 Å². The Bertz CT molecular complexity index is 697. The quantitative estimate of drug-likeness (QED) is 0.571. The highest BCUT2D eigenvalue weighted by atomic mass is 16.5. The molecule has 0 bridgehead atoms. The van der Waals surface area contributed by atoms with E-state index in [1.165, 1.54) is 6.08 Å². The third kappa shape index (κ3) is 5.65. The third-order valence-electron chi connectivity index (χ3n) is 3.28. The number of carbonyl (C=O) groups excluding carboxylic acids is 1. The molecule has 0 fully saturated rings. The van der Waals surface area contributed by atoms with Crippen molar-refractivity contribution in [2.24, 2.45) is 0 Å². The molecule has 0 radical (unpaired) electrons. The third-order valence-corrected chi connectivity index (χ3v) is 3.28. The summed E-state index contributed by atoms with van der Waals surface area (Å²) in [5.41, 5.74) is 1.92. The minimum atomic E-state index is -0.384. The van der Waals surface area contributed by atoms with Crippen LogP contribution in [-0.4, -0.2) is 26.8 Å². The van der Waals surface area contributed by atoms with E-state index in [0.717, 1.165) is 22.6 Å². The van der Waals surface area contributed by atoms with Crippen LogP contribution in [-0.2, 0) is 9.53 Å². The fourth-order valence-corrected chi connectivity index (χ4v) is 1.96. The van der Waals surface area contributed by atoms with Gasteiger partial charge in [-0.3, -0.25) is 0 Å². The molecule has 2 aromatic rings. The molecule has 0 aromatic heterocycles. The first-order valence-corrected chi connectivity index (χ1v) is 7.51. The van der Waals surface area contributed by atoms with Crippen molar-refractivity contribution in [1.82, 2.24) is 0 Å². The van der Waals surface area contributed by atoms with Gasteiger partial charge in [0.2, 0.25) is 0 Å². The summed E-state index contributed by atoms with van der Waals surface area (Å²) in [5.74, 6) is 1.20. The molecule has 2 aromatic carbocycles. The van der Waals surface area contributed by atoms with E-state index in [-0.39, 0.29) is 12.6 Å². The van der Waals surface area contributed by atoms with Gasteiger partial charge in [0.25, 0.3) is 0 Å². The molecule has 124 valence electrons. The van der Waals surface area contributed by atoms with Gasteiger partial charge < -0.3 is 14.2 Å². The van der Waals surface area contributed by atoms with Crippen LogP contribution in [0.1, 0.15) is 11.1 Å². The molecule has 0 saturated heterocycles. The molecule has 0 amide bonds. The molecule has 2 rings (SSSR count). The van der Waals surface area contributed by atoms with E-state index < -0.39 is 0 Å². The minimum absolute atomic E-state index is 0.220. The zero-order valence-electron chi connectivity index (χ0n) is 13.8. The van der Waals surface area contributed by atoms with Gasteiger partial charge in [-0.25, -0.2) is 4.79 Å². The molecule has 0 N–H and O–H groups in total. The van der Waals surface area contributed by atoms with Crippen molar-refractivity contribution in [2.45, 2.75) is 0 Å². The lowest BCUT2D eigenvalue weighted by Gasteiger charge is -2.00.